The lowest BCUT2D eigenvalue weighted by molar-refractivity contribution is -0.133. The number of carbonyl (C=O) groups is 2. The van der Waals surface area contributed by atoms with Crippen LogP contribution in [-0.4, -0.2) is 41.6 Å². The predicted octanol–water partition coefficient (Wildman–Crippen LogP) is 1.56. The lowest BCUT2D eigenvalue weighted by atomic mass is 10.1. The molecule has 0 aliphatic carbocycles. The van der Waals surface area contributed by atoms with Crippen LogP contribution in [0.25, 0.3) is 0 Å². The van der Waals surface area contributed by atoms with Gasteiger partial charge in [-0.25, -0.2) is 0 Å². The van der Waals surface area contributed by atoms with E-state index < -0.39 is 5.97 Å². The van der Waals surface area contributed by atoms with Crippen LogP contribution in [0, 0.1) is 0 Å². The molecule has 0 aliphatic heterocycles. The van der Waals surface area contributed by atoms with Crippen molar-refractivity contribution in [2.24, 2.45) is 0 Å². The SMILES string of the molecule is COc1ccccc1CC(C)NC(=O)CSCC(=O)O. The number of methoxy groups -OCH3 is 1. The Morgan fingerprint density at radius 1 is 1.35 bits per heavy atom. The Balaban J connectivity index is 2.41. The maximum atomic E-state index is 11.6. The number of nitrogens with one attached hydrogen (secondary N) is 1. The summed E-state index contributed by atoms with van der Waals surface area (Å²) < 4.78 is 5.26. The second-order valence-electron chi connectivity index (χ2n) is 4.37. The highest BCUT2D eigenvalue weighted by Crippen LogP contribution is 2.18. The molecule has 0 bridgehead atoms. The third-order valence-corrected chi connectivity index (χ3v) is 3.50. The number of hydrogen-bond acceptors (Lipinski definition) is 4. The number of carbonyl (C=O) groups excluding carboxylic acids is 1. The standard InChI is InChI=1S/C14H19NO4S/c1-10(15-13(16)8-20-9-14(17)18)7-11-5-3-4-6-12(11)19-2/h3-6,10H,7-9H2,1-2H3,(H,15,16)(H,17,18). The van der Waals surface area contributed by atoms with E-state index in [2.05, 4.69) is 5.32 Å². The summed E-state index contributed by atoms with van der Waals surface area (Å²) in [4.78, 5) is 22.0. The van der Waals surface area contributed by atoms with Crippen molar-refractivity contribution >= 4 is 23.6 Å². The topological polar surface area (TPSA) is 75.6 Å². The van der Waals surface area contributed by atoms with Crippen molar-refractivity contribution in [3.8, 4) is 5.75 Å². The van der Waals surface area contributed by atoms with E-state index in [0.29, 0.717) is 6.42 Å². The first-order chi connectivity index (χ1) is 9.52. The summed E-state index contributed by atoms with van der Waals surface area (Å²) in [5.41, 5.74) is 1.03. The van der Waals surface area contributed by atoms with E-state index in [1.165, 1.54) is 0 Å². The van der Waals surface area contributed by atoms with Crippen LogP contribution in [0.3, 0.4) is 0 Å². The Morgan fingerprint density at radius 2 is 2.05 bits per heavy atom. The fourth-order valence-electron chi connectivity index (χ4n) is 1.80. The smallest absolute Gasteiger partial charge is 0.313 e. The fraction of sp³-hybridized carbons (Fsp3) is 0.429. The van der Waals surface area contributed by atoms with Crippen LogP contribution in [-0.2, 0) is 16.0 Å². The molecule has 2 N–H and O–H groups in total. The maximum absolute atomic E-state index is 11.6. The first-order valence-corrected chi connectivity index (χ1v) is 7.39. The van der Waals surface area contributed by atoms with Crippen LogP contribution in [0.1, 0.15) is 12.5 Å². The van der Waals surface area contributed by atoms with Gasteiger partial charge in [0.15, 0.2) is 0 Å². The van der Waals surface area contributed by atoms with E-state index in [-0.39, 0.29) is 23.5 Å². The number of ether oxygens (including phenoxy) is 1. The number of amides is 1. The van der Waals surface area contributed by atoms with Gasteiger partial charge in [0.2, 0.25) is 5.91 Å². The van der Waals surface area contributed by atoms with Crippen LogP contribution in [0.5, 0.6) is 5.75 Å². The average molecular weight is 297 g/mol. The molecule has 6 heteroatoms. The molecule has 20 heavy (non-hydrogen) atoms. The summed E-state index contributed by atoms with van der Waals surface area (Å²) in [7, 11) is 1.62. The van der Waals surface area contributed by atoms with Crippen molar-refractivity contribution < 1.29 is 19.4 Å². The first-order valence-electron chi connectivity index (χ1n) is 6.23. The Bertz CT molecular complexity index is 464. The second-order valence-corrected chi connectivity index (χ2v) is 5.36. The number of carboxylic acid groups (broad SMARTS) is 1. The molecular formula is C14H19NO4S. The van der Waals surface area contributed by atoms with E-state index in [1.54, 1.807) is 7.11 Å². The zero-order chi connectivity index (χ0) is 15.0. The molecule has 1 aromatic carbocycles. The van der Waals surface area contributed by atoms with E-state index >= 15 is 0 Å². The van der Waals surface area contributed by atoms with Gasteiger partial charge in [0.25, 0.3) is 0 Å². The summed E-state index contributed by atoms with van der Waals surface area (Å²) in [6.45, 7) is 1.91. The second kappa shape index (κ2) is 8.47. The highest BCUT2D eigenvalue weighted by molar-refractivity contribution is 8.00. The number of rotatable bonds is 8. The summed E-state index contributed by atoms with van der Waals surface area (Å²) in [5.74, 6) is -0.172. The van der Waals surface area contributed by atoms with E-state index in [4.69, 9.17) is 9.84 Å². The van der Waals surface area contributed by atoms with Gasteiger partial charge in [-0.3, -0.25) is 9.59 Å². The van der Waals surface area contributed by atoms with Crippen LogP contribution in [0.15, 0.2) is 24.3 Å². The van der Waals surface area contributed by atoms with Crippen molar-refractivity contribution in [2.75, 3.05) is 18.6 Å². The zero-order valence-electron chi connectivity index (χ0n) is 11.6. The molecule has 1 aromatic rings. The molecule has 0 fully saturated rings. The minimum atomic E-state index is -0.912. The van der Waals surface area contributed by atoms with Gasteiger partial charge in [0.05, 0.1) is 18.6 Å². The molecule has 0 aliphatic rings. The molecule has 1 unspecified atom stereocenters. The maximum Gasteiger partial charge on any atom is 0.313 e. The molecule has 1 atom stereocenters. The van der Waals surface area contributed by atoms with Crippen LogP contribution in [0.2, 0.25) is 0 Å². The van der Waals surface area contributed by atoms with Gasteiger partial charge in [0.1, 0.15) is 5.75 Å². The quantitative estimate of drug-likeness (QED) is 0.761. The molecule has 1 rings (SSSR count). The minimum absolute atomic E-state index is 0.0378. The lowest BCUT2D eigenvalue weighted by Crippen LogP contribution is -2.35. The van der Waals surface area contributed by atoms with Gasteiger partial charge in [-0.15, -0.1) is 11.8 Å². The van der Waals surface area contributed by atoms with E-state index in [9.17, 15) is 9.59 Å². The molecule has 1 amide bonds. The van der Waals surface area contributed by atoms with Crippen molar-refractivity contribution in [3.63, 3.8) is 0 Å². The first kappa shape index (κ1) is 16.4. The highest BCUT2D eigenvalue weighted by Gasteiger charge is 2.11. The summed E-state index contributed by atoms with van der Waals surface area (Å²) in [5, 5.41) is 11.3. The summed E-state index contributed by atoms with van der Waals surface area (Å²) in [6.07, 6.45) is 0.666. The number of benzene rings is 1. The van der Waals surface area contributed by atoms with E-state index in [0.717, 1.165) is 23.1 Å². The molecule has 0 saturated carbocycles. The van der Waals surface area contributed by atoms with Crippen molar-refractivity contribution in [1.82, 2.24) is 5.32 Å². The molecule has 0 heterocycles. The third-order valence-electron chi connectivity index (χ3n) is 2.58. The van der Waals surface area contributed by atoms with Gasteiger partial charge >= 0.3 is 5.97 Å². The summed E-state index contributed by atoms with van der Waals surface area (Å²) >= 11 is 1.09. The van der Waals surface area contributed by atoms with Crippen LogP contribution < -0.4 is 10.1 Å². The normalized spacial score (nSPS) is 11.7. The fourth-order valence-corrected chi connectivity index (χ4v) is 2.35. The average Bonchev–Trinajstić information content (AvgIpc) is 2.38. The van der Waals surface area contributed by atoms with Crippen molar-refractivity contribution in [3.05, 3.63) is 29.8 Å². The third kappa shape index (κ3) is 5.97. The largest absolute Gasteiger partial charge is 0.496 e. The van der Waals surface area contributed by atoms with Crippen LogP contribution in [0.4, 0.5) is 0 Å². The molecule has 0 saturated heterocycles. The number of carboxylic acids is 1. The molecule has 0 spiro atoms. The number of hydrogen-bond donors (Lipinski definition) is 2. The Morgan fingerprint density at radius 3 is 2.70 bits per heavy atom. The molecule has 110 valence electrons. The van der Waals surface area contributed by atoms with Gasteiger partial charge in [0, 0.05) is 6.04 Å². The number of thioether (sulfide) groups is 1. The minimum Gasteiger partial charge on any atom is -0.496 e. The molecule has 5 nitrogen and oxygen atoms in total. The lowest BCUT2D eigenvalue weighted by Gasteiger charge is -2.15. The van der Waals surface area contributed by atoms with Gasteiger partial charge in [-0.2, -0.15) is 0 Å². The van der Waals surface area contributed by atoms with Crippen LogP contribution >= 0.6 is 11.8 Å². The summed E-state index contributed by atoms with van der Waals surface area (Å²) in [6, 6.07) is 7.63. The number of aliphatic carboxylic acids is 1. The van der Waals surface area contributed by atoms with Crippen molar-refractivity contribution in [1.29, 1.82) is 0 Å². The monoisotopic (exact) mass is 297 g/mol. The number of para-hydroxylation sites is 1. The Labute approximate surface area is 122 Å². The predicted molar refractivity (Wildman–Crippen MR) is 79.3 cm³/mol. The zero-order valence-corrected chi connectivity index (χ0v) is 12.4. The van der Waals surface area contributed by atoms with Gasteiger partial charge < -0.3 is 15.2 Å². The highest BCUT2D eigenvalue weighted by atomic mass is 32.2. The molecular weight excluding hydrogens is 278 g/mol. The molecule has 0 radical (unpaired) electrons. The molecule has 0 aromatic heterocycles. The Hall–Kier alpha value is -1.69. The Kier molecular flexibility index (Phi) is 6.93. The van der Waals surface area contributed by atoms with Crippen molar-refractivity contribution in [2.45, 2.75) is 19.4 Å². The van der Waals surface area contributed by atoms with Gasteiger partial charge in [-0.1, -0.05) is 18.2 Å². The van der Waals surface area contributed by atoms with E-state index in [1.807, 2.05) is 31.2 Å². The van der Waals surface area contributed by atoms with Gasteiger partial charge in [-0.05, 0) is 25.0 Å².